The number of hydrogen-bond donors (Lipinski definition) is 2. The molecule has 30 heavy (non-hydrogen) atoms. The van der Waals surface area contributed by atoms with Crippen LogP contribution in [-0.2, 0) is 4.79 Å². The van der Waals surface area contributed by atoms with Crippen molar-refractivity contribution < 1.29 is 14.3 Å². The number of carboxylic acids is 1. The van der Waals surface area contributed by atoms with Gasteiger partial charge in [0.2, 0.25) is 0 Å². The maximum Gasteiger partial charge on any atom is 0.303 e. The molecule has 1 saturated carbocycles. The standard InChI is InChI=1S/C24H24FN3O2/c25-20-2-1-3-21(15-20)26-23-13-12-22(27-28-23)19-10-8-18(9-11-19)17-6-4-16(5-7-17)14-24(29)30/h1-3,8-13,15-17H,4-7,14H2,(H,26,28)(H,29,30). The highest BCUT2D eigenvalue weighted by molar-refractivity contribution is 5.67. The average molecular weight is 405 g/mol. The zero-order valence-electron chi connectivity index (χ0n) is 16.6. The summed E-state index contributed by atoms with van der Waals surface area (Å²) in [5.41, 5.74) is 3.68. The van der Waals surface area contributed by atoms with E-state index in [1.807, 2.05) is 12.1 Å². The molecule has 6 heteroatoms. The summed E-state index contributed by atoms with van der Waals surface area (Å²) in [4.78, 5) is 10.9. The Labute approximate surface area is 175 Å². The number of benzene rings is 2. The zero-order valence-corrected chi connectivity index (χ0v) is 16.6. The third-order valence-corrected chi connectivity index (χ3v) is 5.75. The molecule has 1 heterocycles. The number of aliphatic carboxylic acids is 1. The van der Waals surface area contributed by atoms with E-state index >= 15 is 0 Å². The quantitative estimate of drug-likeness (QED) is 0.544. The highest BCUT2D eigenvalue weighted by Crippen LogP contribution is 2.37. The Morgan fingerprint density at radius 2 is 1.77 bits per heavy atom. The van der Waals surface area contributed by atoms with E-state index in [4.69, 9.17) is 5.11 Å². The molecule has 1 aromatic heterocycles. The van der Waals surface area contributed by atoms with E-state index in [0.717, 1.165) is 36.9 Å². The topological polar surface area (TPSA) is 75.1 Å². The van der Waals surface area contributed by atoms with Gasteiger partial charge in [0.1, 0.15) is 5.82 Å². The Balaban J connectivity index is 1.37. The molecule has 0 unspecified atom stereocenters. The van der Waals surface area contributed by atoms with Crippen molar-refractivity contribution in [2.24, 2.45) is 5.92 Å². The SMILES string of the molecule is O=C(O)CC1CCC(c2ccc(-c3ccc(Nc4cccc(F)c4)nn3)cc2)CC1. The fraction of sp³-hybridized carbons (Fsp3) is 0.292. The van der Waals surface area contributed by atoms with Crippen LogP contribution < -0.4 is 5.32 Å². The number of nitrogens with one attached hydrogen (secondary N) is 1. The Hall–Kier alpha value is -3.28. The van der Waals surface area contributed by atoms with Crippen molar-refractivity contribution in [3.8, 4) is 11.3 Å². The first-order valence-electron chi connectivity index (χ1n) is 10.3. The number of anilines is 2. The van der Waals surface area contributed by atoms with Crippen LogP contribution in [0.1, 0.15) is 43.6 Å². The number of rotatable bonds is 6. The molecular weight excluding hydrogens is 381 g/mol. The first kappa shape index (κ1) is 20.0. The molecule has 2 aromatic carbocycles. The van der Waals surface area contributed by atoms with Crippen molar-refractivity contribution >= 4 is 17.5 Å². The van der Waals surface area contributed by atoms with Crippen LogP contribution in [0.2, 0.25) is 0 Å². The Kier molecular flexibility index (Phi) is 6.02. The molecule has 1 fully saturated rings. The molecule has 1 aliphatic carbocycles. The van der Waals surface area contributed by atoms with Crippen molar-refractivity contribution in [2.45, 2.75) is 38.0 Å². The summed E-state index contributed by atoms with van der Waals surface area (Å²) < 4.78 is 13.3. The van der Waals surface area contributed by atoms with Crippen LogP contribution in [0.5, 0.6) is 0 Å². The molecule has 4 rings (SSSR count). The molecule has 0 spiro atoms. The molecule has 0 atom stereocenters. The summed E-state index contributed by atoms with van der Waals surface area (Å²) >= 11 is 0. The lowest BCUT2D eigenvalue weighted by atomic mass is 9.77. The second-order valence-corrected chi connectivity index (χ2v) is 7.88. The molecule has 0 aliphatic heterocycles. The molecule has 3 aromatic rings. The highest BCUT2D eigenvalue weighted by Gasteiger charge is 2.23. The molecule has 1 aliphatic rings. The van der Waals surface area contributed by atoms with Gasteiger partial charge in [-0.05, 0) is 73.4 Å². The van der Waals surface area contributed by atoms with Gasteiger partial charge in [-0.25, -0.2) is 4.39 Å². The normalized spacial score (nSPS) is 18.7. The van der Waals surface area contributed by atoms with Crippen LogP contribution >= 0.6 is 0 Å². The van der Waals surface area contributed by atoms with Gasteiger partial charge in [-0.15, -0.1) is 10.2 Å². The van der Waals surface area contributed by atoms with Crippen LogP contribution in [0.25, 0.3) is 11.3 Å². The lowest BCUT2D eigenvalue weighted by molar-refractivity contribution is -0.138. The molecule has 5 nitrogen and oxygen atoms in total. The third-order valence-electron chi connectivity index (χ3n) is 5.75. The summed E-state index contributed by atoms with van der Waals surface area (Å²) in [6.45, 7) is 0. The minimum absolute atomic E-state index is 0.286. The number of carbonyl (C=O) groups is 1. The molecule has 2 N–H and O–H groups in total. The van der Waals surface area contributed by atoms with Crippen molar-refractivity contribution in [3.05, 3.63) is 72.0 Å². The van der Waals surface area contributed by atoms with Gasteiger partial charge in [0.15, 0.2) is 5.82 Å². The van der Waals surface area contributed by atoms with Crippen LogP contribution in [0.3, 0.4) is 0 Å². The fourth-order valence-electron chi connectivity index (χ4n) is 4.14. The molecule has 154 valence electrons. The second kappa shape index (κ2) is 9.03. The van der Waals surface area contributed by atoms with E-state index in [9.17, 15) is 9.18 Å². The van der Waals surface area contributed by atoms with Gasteiger partial charge in [0.05, 0.1) is 5.69 Å². The smallest absolute Gasteiger partial charge is 0.303 e. The van der Waals surface area contributed by atoms with Gasteiger partial charge in [0, 0.05) is 17.7 Å². The summed E-state index contributed by atoms with van der Waals surface area (Å²) in [5.74, 6) is 0.362. The molecular formula is C24H24FN3O2. The predicted octanol–water partition coefficient (Wildman–Crippen LogP) is 5.77. The van der Waals surface area contributed by atoms with Gasteiger partial charge in [-0.3, -0.25) is 4.79 Å². The summed E-state index contributed by atoms with van der Waals surface area (Å²) in [7, 11) is 0. The molecule has 0 bridgehead atoms. The minimum atomic E-state index is -0.693. The van der Waals surface area contributed by atoms with Crippen molar-refractivity contribution in [2.75, 3.05) is 5.32 Å². The number of aromatic nitrogens is 2. The molecule has 0 radical (unpaired) electrons. The monoisotopic (exact) mass is 405 g/mol. The van der Waals surface area contributed by atoms with Gasteiger partial charge >= 0.3 is 5.97 Å². The molecule has 0 amide bonds. The van der Waals surface area contributed by atoms with E-state index < -0.39 is 5.97 Å². The lowest BCUT2D eigenvalue weighted by Crippen LogP contribution is -2.16. The van der Waals surface area contributed by atoms with Gasteiger partial charge in [-0.1, -0.05) is 30.3 Å². The maximum absolute atomic E-state index is 13.3. The Morgan fingerprint density at radius 3 is 2.40 bits per heavy atom. The number of halogens is 1. The summed E-state index contributed by atoms with van der Waals surface area (Å²) in [6.07, 6.45) is 4.32. The van der Waals surface area contributed by atoms with Crippen molar-refractivity contribution in [1.29, 1.82) is 0 Å². The van der Waals surface area contributed by atoms with E-state index in [0.29, 0.717) is 23.3 Å². The lowest BCUT2D eigenvalue weighted by Gasteiger charge is -2.28. The van der Waals surface area contributed by atoms with E-state index in [-0.39, 0.29) is 12.2 Å². The third kappa shape index (κ3) is 5.00. The Bertz CT molecular complexity index is 998. The van der Waals surface area contributed by atoms with E-state index in [1.54, 1.807) is 12.1 Å². The number of hydrogen-bond acceptors (Lipinski definition) is 4. The van der Waals surface area contributed by atoms with E-state index in [2.05, 4.69) is 39.8 Å². The molecule has 0 saturated heterocycles. The largest absolute Gasteiger partial charge is 0.481 e. The first-order valence-corrected chi connectivity index (χ1v) is 10.3. The zero-order chi connectivity index (χ0) is 20.9. The predicted molar refractivity (Wildman–Crippen MR) is 114 cm³/mol. The summed E-state index contributed by atoms with van der Waals surface area (Å²) in [6, 6.07) is 18.3. The number of carboxylic acid groups (broad SMARTS) is 1. The minimum Gasteiger partial charge on any atom is -0.481 e. The second-order valence-electron chi connectivity index (χ2n) is 7.88. The van der Waals surface area contributed by atoms with Crippen LogP contribution in [-0.4, -0.2) is 21.3 Å². The van der Waals surface area contributed by atoms with Crippen LogP contribution in [0, 0.1) is 11.7 Å². The van der Waals surface area contributed by atoms with Crippen molar-refractivity contribution in [3.63, 3.8) is 0 Å². The fourth-order valence-corrected chi connectivity index (χ4v) is 4.14. The maximum atomic E-state index is 13.3. The van der Waals surface area contributed by atoms with Crippen LogP contribution in [0.15, 0.2) is 60.7 Å². The Morgan fingerprint density at radius 1 is 1.00 bits per heavy atom. The van der Waals surface area contributed by atoms with Gasteiger partial charge in [-0.2, -0.15) is 0 Å². The van der Waals surface area contributed by atoms with Crippen molar-refractivity contribution in [1.82, 2.24) is 10.2 Å². The average Bonchev–Trinajstić information content (AvgIpc) is 2.75. The van der Waals surface area contributed by atoms with E-state index in [1.165, 1.54) is 17.7 Å². The summed E-state index contributed by atoms with van der Waals surface area (Å²) in [5, 5.41) is 20.5. The highest BCUT2D eigenvalue weighted by atomic mass is 19.1. The van der Waals surface area contributed by atoms with Gasteiger partial charge < -0.3 is 10.4 Å². The first-order chi connectivity index (χ1) is 14.6. The van der Waals surface area contributed by atoms with Crippen LogP contribution in [0.4, 0.5) is 15.9 Å². The number of nitrogens with zero attached hydrogens (tertiary/aromatic N) is 2. The van der Waals surface area contributed by atoms with Gasteiger partial charge in [0.25, 0.3) is 0 Å².